The molecule has 1 heterocycles. The summed E-state index contributed by atoms with van der Waals surface area (Å²) < 4.78 is 0. The van der Waals surface area contributed by atoms with Crippen molar-refractivity contribution in [2.24, 2.45) is 0 Å². The lowest BCUT2D eigenvalue weighted by Crippen LogP contribution is -2.61. The molecule has 0 aromatic heterocycles. The number of Topliss-reactive ketones (excluding diaryl/α,β-unsaturated/α-hetero) is 1. The van der Waals surface area contributed by atoms with E-state index < -0.39 is 0 Å². The van der Waals surface area contributed by atoms with E-state index in [1.807, 2.05) is 13.8 Å². The highest BCUT2D eigenvalue weighted by molar-refractivity contribution is 5.81. The van der Waals surface area contributed by atoms with Crippen molar-refractivity contribution in [3.8, 4) is 0 Å². The predicted octanol–water partition coefficient (Wildman–Crippen LogP) is 4.28. The van der Waals surface area contributed by atoms with Crippen molar-refractivity contribution in [1.82, 2.24) is 5.06 Å². The molecule has 3 nitrogen and oxygen atoms in total. The standard InChI is InChI=1S/C15H25NO2.C2H6/c1-14(2)10-12(17)11-15(3,4)16(14)18-13-8-6-5-7-9-13;1-2/h6,8,13H,5,7,9-11H2,1-4H3;1-2H3. The normalized spacial score (nSPS) is 28.7. The summed E-state index contributed by atoms with van der Waals surface area (Å²) in [5, 5.41) is 2.07. The minimum atomic E-state index is -0.218. The summed E-state index contributed by atoms with van der Waals surface area (Å²) in [6.45, 7) is 12.4. The summed E-state index contributed by atoms with van der Waals surface area (Å²) in [6, 6.07) is 0. The zero-order valence-electron chi connectivity index (χ0n) is 14.0. The first-order valence-corrected chi connectivity index (χ1v) is 7.97. The highest BCUT2D eigenvalue weighted by atomic mass is 16.7. The number of allylic oxidation sites excluding steroid dienone is 1. The van der Waals surface area contributed by atoms with Crippen LogP contribution in [0, 0.1) is 0 Å². The van der Waals surface area contributed by atoms with Gasteiger partial charge in [-0.3, -0.25) is 9.63 Å². The van der Waals surface area contributed by atoms with E-state index >= 15 is 0 Å². The highest BCUT2D eigenvalue weighted by Gasteiger charge is 2.46. The first-order valence-electron chi connectivity index (χ1n) is 7.97. The van der Waals surface area contributed by atoms with E-state index in [2.05, 4.69) is 44.9 Å². The number of rotatable bonds is 2. The maximum Gasteiger partial charge on any atom is 0.136 e. The van der Waals surface area contributed by atoms with Crippen LogP contribution in [0.3, 0.4) is 0 Å². The second kappa shape index (κ2) is 6.86. The van der Waals surface area contributed by atoms with Gasteiger partial charge in [-0.05, 0) is 47.0 Å². The van der Waals surface area contributed by atoms with Crippen molar-refractivity contribution in [3.63, 3.8) is 0 Å². The van der Waals surface area contributed by atoms with Crippen LogP contribution in [0.4, 0.5) is 0 Å². The Balaban J connectivity index is 0.000000956. The maximum absolute atomic E-state index is 11.8. The minimum absolute atomic E-state index is 0.172. The number of nitrogens with zero attached hydrogens (tertiary/aromatic N) is 1. The van der Waals surface area contributed by atoms with Gasteiger partial charge in [-0.2, -0.15) is 5.06 Å². The molecule has 0 aromatic rings. The molecule has 1 unspecified atom stereocenters. The Morgan fingerprint density at radius 1 is 1.15 bits per heavy atom. The molecule has 0 aromatic carbocycles. The highest BCUT2D eigenvalue weighted by Crippen LogP contribution is 2.37. The van der Waals surface area contributed by atoms with Crippen molar-refractivity contribution >= 4 is 5.78 Å². The van der Waals surface area contributed by atoms with Gasteiger partial charge in [-0.1, -0.05) is 26.0 Å². The first-order chi connectivity index (χ1) is 9.31. The number of hydrogen-bond acceptors (Lipinski definition) is 3. The Bertz CT molecular complexity index is 338. The molecule has 1 atom stereocenters. The van der Waals surface area contributed by atoms with E-state index in [-0.39, 0.29) is 17.2 Å². The fourth-order valence-corrected chi connectivity index (χ4v) is 3.28. The molecular formula is C17H31NO2. The lowest BCUT2D eigenvalue weighted by molar-refractivity contribution is -0.291. The third kappa shape index (κ3) is 4.16. The molecule has 1 saturated heterocycles. The van der Waals surface area contributed by atoms with Crippen LogP contribution in [0.15, 0.2) is 12.2 Å². The summed E-state index contributed by atoms with van der Waals surface area (Å²) in [4.78, 5) is 18.0. The summed E-state index contributed by atoms with van der Waals surface area (Å²) in [6.07, 6.45) is 9.10. The zero-order chi connectivity index (χ0) is 15.4. The van der Waals surface area contributed by atoms with E-state index in [4.69, 9.17) is 4.84 Å². The average molecular weight is 281 g/mol. The van der Waals surface area contributed by atoms with Gasteiger partial charge in [-0.15, -0.1) is 0 Å². The van der Waals surface area contributed by atoms with Crippen LogP contribution in [-0.4, -0.2) is 28.0 Å². The zero-order valence-corrected chi connectivity index (χ0v) is 14.0. The van der Waals surface area contributed by atoms with Crippen molar-refractivity contribution in [2.45, 2.75) is 90.8 Å². The summed E-state index contributed by atoms with van der Waals surface area (Å²) in [5.41, 5.74) is -0.436. The van der Waals surface area contributed by atoms with Crippen molar-refractivity contribution < 1.29 is 9.63 Å². The van der Waals surface area contributed by atoms with Gasteiger partial charge in [0.1, 0.15) is 5.78 Å². The van der Waals surface area contributed by atoms with Crippen LogP contribution in [0.2, 0.25) is 0 Å². The molecule has 2 rings (SSSR count). The largest absolute Gasteiger partial charge is 0.300 e. The van der Waals surface area contributed by atoms with Crippen molar-refractivity contribution in [1.29, 1.82) is 0 Å². The molecule has 0 N–H and O–H groups in total. The SMILES string of the molecule is CC.CC1(C)CC(=O)CC(C)(C)N1OC1C=CCCC1. The minimum Gasteiger partial charge on any atom is -0.300 e. The Kier molecular flexibility index (Phi) is 5.96. The molecule has 0 saturated carbocycles. The quantitative estimate of drug-likeness (QED) is 0.708. The average Bonchev–Trinajstić information content (AvgIpc) is 2.36. The third-order valence-electron chi connectivity index (χ3n) is 3.81. The Labute approximate surface area is 124 Å². The summed E-state index contributed by atoms with van der Waals surface area (Å²) in [5.74, 6) is 0.337. The lowest BCUT2D eigenvalue weighted by Gasteiger charge is -2.51. The van der Waals surface area contributed by atoms with Gasteiger partial charge < -0.3 is 0 Å². The molecule has 1 fully saturated rings. The van der Waals surface area contributed by atoms with Gasteiger partial charge in [-0.25, -0.2) is 0 Å². The first kappa shape index (κ1) is 17.4. The number of piperidine rings is 1. The topological polar surface area (TPSA) is 29.5 Å². The molecule has 0 spiro atoms. The van der Waals surface area contributed by atoms with Gasteiger partial charge in [0.2, 0.25) is 0 Å². The molecule has 1 aliphatic carbocycles. The molecule has 2 aliphatic rings. The fourth-order valence-electron chi connectivity index (χ4n) is 3.28. The van der Waals surface area contributed by atoms with Crippen LogP contribution in [0.5, 0.6) is 0 Å². The van der Waals surface area contributed by atoms with Crippen LogP contribution >= 0.6 is 0 Å². The van der Waals surface area contributed by atoms with Crippen LogP contribution in [0.1, 0.15) is 73.6 Å². The molecule has 0 bridgehead atoms. The van der Waals surface area contributed by atoms with Gasteiger partial charge in [0.25, 0.3) is 0 Å². The Morgan fingerprint density at radius 2 is 1.70 bits per heavy atom. The maximum atomic E-state index is 11.8. The predicted molar refractivity (Wildman–Crippen MR) is 83.5 cm³/mol. The van der Waals surface area contributed by atoms with Crippen molar-refractivity contribution in [2.75, 3.05) is 0 Å². The number of hydrogen-bond donors (Lipinski definition) is 0. The molecule has 0 amide bonds. The smallest absolute Gasteiger partial charge is 0.136 e. The molecule has 20 heavy (non-hydrogen) atoms. The Morgan fingerprint density at radius 3 is 2.15 bits per heavy atom. The molecule has 0 radical (unpaired) electrons. The van der Waals surface area contributed by atoms with E-state index in [1.165, 1.54) is 6.42 Å². The van der Waals surface area contributed by atoms with Crippen molar-refractivity contribution in [3.05, 3.63) is 12.2 Å². The fraction of sp³-hybridized carbons (Fsp3) is 0.824. The van der Waals surface area contributed by atoms with E-state index in [9.17, 15) is 4.79 Å². The Hall–Kier alpha value is -0.670. The van der Waals surface area contributed by atoms with Gasteiger partial charge in [0.05, 0.1) is 6.10 Å². The van der Waals surface area contributed by atoms with Gasteiger partial charge in [0.15, 0.2) is 0 Å². The van der Waals surface area contributed by atoms with Crippen LogP contribution in [0.25, 0.3) is 0 Å². The summed E-state index contributed by atoms with van der Waals surface area (Å²) >= 11 is 0. The third-order valence-corrected chi connectivity index (χ3v) is 3.81. The van der Waals surface area contributed by atoms with E-state index in [0.29, 0.717) is 18.6 Å². The number of carbonyl (C=O) groups is 1. The molecule has 1 aliphatic heterocycles. The lowest BCUT2D eigenvalue weighted by atomic mass is 9.81. The van der Waals surface area contributed by atoms with E-state index in [0.717, 1.165) is 12.8 Å². The summed E-state index contributed by atoms with van der Waals surface area (Å²) in [7, 11) is 0. The number of hydroxylamine groups is 2. The van der Waals surface area contributed by atoms with Crippen LogP contribution < -0.4 is 0 Å². The second-order valence-electron chi connectivity index (χ2n) is 6.81. The van der Waals surface area contributed by atoms with Gasteiger partial charge in [0, 0.05) is 23.9 Å². The number of carbonyl (C=O) groups excluding carboxylic acids is 1. The molecular weight excluding hydrogens is 250 g/mol. The number of ketones is 1. The molecule has 116 valence electrons. The molecule has 3 heteroatoms. The van der Waals surface area contributed by atoms with E-state index in [1.54, 1.807) is 0 Å². The van der Waals surface area contributed by atoms with Gasteiger partial charge >= 0.3 is 0 Å². The second-order valence-corrected chi connectivity index (χ2v) is 6.81. The van der Waals surface area contributed by atoms with Crippen LogP contribution in [-0.2, 0) is 9.63 Å². The monoisotopic (exact) mass is 281 g/mol.